The summed E-state index contributed by atoms with van der Waals surface area (Å²) in [7, 11) is 1.79. The van der Waals surface area contributed by atoms with Crippen molar-refractivity contribution < 1.29 is 4.74 Å². The van der Waals surface area contributed by atoms with Crippen molar-refractivity contribution in [2.75, 3.05) is 13.7 Å². The van der Waals surface area contributed by atoms with Crippen LogP contribution in [0.15, 0.2) is 53.5 Å². The maximum Gasteiger partial charge on any atom is 0.191 e. The average Bonchev–Trinajstić information content (AvgIpc) is 2.61. The third-order valence-electron chi connectivity index (χ3n) is 3.72. The Kier molecular flexibility index (Phi) is 10.2. The van der Waals surface area contributed by atoms with Crippen molar-refractivity contribution in [3.05, 3.63) is 70.8 Å². The minimum Gasteiger partial charge on any atom is -0.377 e. The summed E-state index contributed by atoms with van der Waals surface area (Å²) in [6, 6.07) is 16.9. The van der Waals surface area contributed by atoms with E-state index < -0.39 is 0 Å². The summed E-state index contributed by atoms with van der Waals surface area (Å²) in [6.45, 7) is 7.02. The summed E-state index contributed by atoms with van der Waals surface area (Å²) in [5, 5.41) is 6.68. The first-order chi connectivity index (χ1) is 11.7. The van der Waals surface area contributed by atoms with E-state index in [9.17, 15) is 0 Å². The second-order valence-corrected chi connectivity index (χ2v) is 5.72. The van der Waals surface area contributed by atoms with Crippen molar-refractivity contribution >= 4 is 29.9 Å². The minimum atomic E-state index is 0. The molecule has 25 heavy (non-hydrogen) atoms. The van der Waals surface area contributed by atoms with Gasteiger partial charge in [0.15, 0.2) is 5.96 Å². The lowest BCUT2D eigenvalue weighted by Gasteiger charge is -2.12. The number of rotatable bonds is 7. The van der Waals surface area contributed by atoms with Gasteiger partial charge in [0, 0.05) is 26.7 Å². The first kappa shape index (κ1) is 21.4. The fourth-order valence-corrected chi connectivity index (χ4v) is 2.39. The Hall–Kier alpha value is -1.60. The average molecular weight is 453 g/mol. The number of nitrogens with one attached hydrogen (secondary N) is 2. The number of aliphatic imine (C=N–C) groups is 1. The fraction of sp³-hybridized carbons (Fsp3) is 0.350. The number of hydrogen-bond acceptors (Lipinski definition) is 2. The maximum absolute atomic E-state index is 5.41. The van der Waals surface area contributed by atoms with Crippen molar-refractivity contribution in [1.82, 2.24) is 10.6 Å². The van der Waals surface area contributed by atoms with Crippen molar-refractivity contribution in [2.24, 2.45) is 4.99 Å². The summed E-state index contributed by atoms with van der Waals surface area (Å²) in [6.07, 6.45) is 0. The molecule has 5 heteroatoms. The molecular weight excluding hydrogens is 425 g/mol. The van der Waals surface area contributed by atoms with Crippen molar-refractivity contribution in [3.63, 3.8) is 0 Å². The van der Waals surface area contributed by atoms with Crippen LogP contribution in [0.1, 0.15) is 29.2 Å². The Balaban J connectivity index is 0.00000312. The zero-order valence-electron chi connectivity index (χ0n) is 15.2. The van der Waals surface area contributed by atoms with Crippen LogP contribution < -0.4 is 10.6 Å². The quantitative estimate of drug-likeness (QED) is 0.378. The predicted octanol–water partition coefficient (Wildman–Crippen LogP) is 4.01. The van der Waals surface area contributed by atoms with Crippen LogP contribution in [-0.4, -0.2) is 19.6 Å². The van der Waals surface area contributed by atoms with E-state index in [-0.39, 0.29) is 24.0 Å². The molecule has 0 amide bonds. The highest BCUT2D eigenvalue weighted by Gasteiger charge is 2.00. The van der Waals surface area contributed by atoms with E-state index in [1.807, 2.05) is 6.92 Å². The zero-order valence-corrected chi connectivity index (χ0v) is 17.5. The number of guanidine groups is 1. The SMILES string of the molecule is CCOCc1ccc(CNC(=NC)NCc2cccc(C)c2)cc1.I. The highest BCUT2D eigenvalue weighted by Crippen LogP contribution is 2.06. The van der Waals surface area contributed by atoms with Gasteiger partial charge >= 0.3 is 0 Å². The van der Waals surface area contributed by atoms with Crippen LogP contribution in [0.3, 0.4) is 0 Å². The van der Waals surface area contributed by atoms with Crippen LogP contribution >= 0.6 is 24.0 Å². The Labute approximate surface area is 168 Å². The van der Waals surface area contributed by atoms with Gasteiger partial charge in [0.05, 0.1) is 6.61 Å². The van der Waals surface area contributed by atoms with E-state index >= 15 is 0 Å². The lowest BCUT2D eigenvalue weighted by atomic mass is 10.1. The predicted molar refractivity (Wildman–Crippen MR) is 115 cm³/mol. The molecule has 0 aliphatic carbocycles. The minimum absolute atomic E-state index is 0. The lowest BCUT2D eigenvalue weighted by molar-refractivity contribution is 0.134. The number of nitrogens with zero attached hydrogens (tertiary/aromatic N) is 1. The molecule has 0 spiro atoms. The second kappa shape index (κ2) is 11.9. The summed E-state index contributed by atoms with van der Waals surface area (Å²) in [4.78, 5) is 4.27. The Morgan fingerprint density at radius 2 is 1.60 bits per heavy atom. The maximum atomic E-state index is 5.41. The molecule has 0 saturated heterocycles. The van der Waals surface area contributed by atoms with Crippen LogP contribution in [0, 0.1) is 6.92 Å². The molecule has 0 aliphatic heterocycles. The number of aryl methyl sites for hydroxylation is 1. The molecule has 2 N–H and O–H groups in total. The van der Waals surface area contributed by atoms with Crippen LogP contribution in [0.5, 0.6) is 0 Å². The number of ether oxygens (including phenoxy) is 1. The van der Waals surface area contributed by atoms with Crippen LogP contribution in [0.4, 0.5) is 0 Å². The smallest absolute Gasteiger partial charge is 0.191 e. The van der Waals surface area contributed by atoms with Gasteiger partial charge in [0.2, 0.25) is 0 Å². The van der Waals surface area contributed by atoms with Gasteiger partial charge < -0.3 is 15.4 Å². The van der Waals surface area contributed by atoms with E-state index in [1.165, 1.54) is 22.3 Å². The van der Waals surface area contributed by atoms with Gasteiger partial charge in [-0.15, -0.1) is 24.0 Å². The molecule has 4 nitrogen and oxygen atoms in total. The van der Waals surface area contributed by atoms with Crippen molar-refractivity contribution in [3.8, 4) is 0 Å². The van der Waals surface area contributed by atoms with E-state index in [0.717, 1.165) is 25.7 Å². The number of hydrogen-bond donors (Lipinski definition) is 2. The van der Waals surface area contributed by atoms with E-state index in [0.29, 0.717) is 6.61 Å². The van der Waals surface area contributed by atoms with Crippen molar-refractivity contribution in [1.29, 1.82) is 0 Å². The lowest BCUT2D eigenvalue weighted by Crippen LogP contribution is -2.36. The molecule has 0 saturated carbocycles. The van der Waals surface area contributed by atoms with Gasteiger partial charge in [-0.1, -0.05) is 54.1 Å². The van der Waals surface area contributed by atoms with Gasteiger partial charge in [-0.2, -0.15) is 0 Å². The molecule has 0 fully saturated rings. The molecule has 2 aromatic rings. The molecule has 136 valence electrons. The molecule has 2 aromatic carbocycles. The van der Waals surface area contributed by atoms with Crippen LogP contribution in [-0.2, 0) is 24.4 Å². The Morgan fingerprint density at radius 3 is 2.20 bits per heavy atom. The zero-order chi connectivity index (χ0) is 17.2. The summed E-state index contributed by atoms with van der Waals surface area (Å²) in [5.74, 6) is 0.801. The summed E-state index contributed by atoms with van der Waals surface area (Å²) >= 11 is 0. The topological polar surface area (TPSA) is 45.6 Å². The third kappa shape index (κ3) is 7.88. The molecule has 2 rings (SSSR count). The van der Waals surface area contributed by atoms with Crippen LogP contribution in [0.2, 0.25) is 0 Å². The van der Waals surface area contributed by atoms with Gasteiger partial charge in [-0.25, -0.2) is 0 Å². The van der Waals surface area contributed by atoms with Gasteiger partial charge in [-0.3, -0.25) is 4.99 Å². The van der Waals surface area contributed by atoms with Gasteiger partial charge in [0.25, 0.3) is 0 Å². The highest BCUT2D eigenvalue weighted by atomic mass is 127. The molecule has 0 aromatic heterocycles. The Morgan fingerprint density at radius 1 is 0.960 bits per heavy atom. The van der Waals surface area contributed by atoms with E-state index in [1.54, 1.807) is 7.05 Å². The second-order valence-electron chi connectivity index (χ2n) is 5.72. The number of benzene rings is 2. The molecule has 0 unspecified atom stereocenters. The van der Waals surface area contributed by atoms with E-state index in [4.69, 9.17) is 4.74 Å². The molecule has 0 heterocycles. The molecule has 0 bridgehead atoms. The van der Waals surface area contributed by atoms with E-state index in [2.05, 4.69) is 71.1 Å². The normalized spacial score (nSPS) is 10.9. The first-order valence-corrected chi connectivity index (χ1v) is 8.37. The molecule has 0 atom stereocenters. The molecular formula is C20H28IN3O. The summed E-state index contributed by atoms with van der Waals surface area (Å²) in [5.41, 5.74) is 4.93. The van der Waals surface area contributed by atoms with Crippen LogP contribution in [0.25, 0.3) is 0 Å². The first-order valence-electron chi connectivity index (χ1n) is 8.37. The monoisotopic (exact) mass is 453 g/mol. The standard InChI is InChI=1S/C20H27N3O.HI/c1-4-24-15-18-10-8-17(9-11-18)13-22-20(21-3)23-14-19-7-5-6-16(2)12-19;/h5-12H,4,13-15H2,1-3H3,(H2,21,22,23);1H. The van der Waals surface area contributed by atoms with Gasteiger partial charge in [-0.05, 0) is 30.5 Å². The fourth-order valence-electron chi connectivity index (χ4n) is 2.39. The number of halogens is 1. The molecule has 0 aliphatic rings. The highest BCUT2D eigenvalue weighted by molar-refractivity contribution is 14.0. The molecule has 0 radical (unpaired) electrons. The van der Waals surface area contributed by atoms with Crippen molar-refractivity contribution in [2.45, 2.75) is 33.5 Å². The Bertz CT molecular complexity index is 656. The third-order valence-corrected chi connectivity index (χ3v) is 3.72. The van der Waals surface area contributed by atoms with Gasteiger partial charge in [0.1, 0.15) is 0 Å². The largest absolute Gasteiger partial charge is 0.377 e. The summed E-state index contributed by atoms with van der Waals surface area (Å²) < 4.78 is 5.41.